The Morgan fingerprint density at radius 2 is 1.95 bits per heavy atom. The molecule has 2 heterocycles. The summed E-state index contributed by atoms with van der Waals surface area (Å²) in [5.41, 5.74) is 0. The van der Waals surface area contributed by atoms with Gasteiger partial charge in [0.2, 0.25) is 5.91 Å². The number of thioether (sulfide) groups is 1. The molecule has 3 nitrogen and oxygen atoms in total. The van der Waals surface area contributed by atoms with E-state index in [0.29, 0.717) is 28.6 Å². The van der Waals surface area contributed by atoms with E-state index in [1.54, 1.807) is 18.2 Å². The molecule has 114 valence electrons. The highest BCUT2D eigenvalue weighted by Gasteiger charge is 2.42. The molecule has 1 aromatic rings. The highest BCUT2D eigenvalue weighted by molar-refractivity contribution is 8.00. The number of rotatable bonds is 3. The Morgan fingerprint density at radius 3 is 2.62 bits per heavy atom. The Labute approximate surface area is 138 Å². The summed E-state index contributed by atoms with van der Waals surface area (Å²) in [7, 11) is 0. The number of hydrogen-bond acceptors (Lipinski definition) is 3. The molecule has 0 aliphatic carbocycles. The first-order chi connectivity index (χ1) is 10.0. The molecule has 2 bridgehead atoms. The van der Waals surface area contributed by atoms with Gasteiger partial charge in [0.25, 0.3) is 0 Å². The van der Waals surface area contributed by atoms with Gasteiger partial charge in [0.1, 0.15) is 0 Å². The summed E-state index contributed by atoms with van der Waals surface area (Å²) in [4.78, 5) is 15.3. The van der Waals surface area contributed by atoms with E-state index in [1.807, 2.05) is 4.90 Å². The van der Waals surface area contributed by atoms with Gasteiger partial charge in [-0.15, -0.1) is 11.8 Å². The second kappa shape index (κ2) is 6.37. The molecule has 2 aliphatic rings. The van der Waals surface area contributed by atoms with E-state index in [4.69, 9.17) is 23.2 Å². The highest BCUT2D eigenvalue weighted by Crippen LogP contribution is 2.37. The minimum Gasteiger partial charge on any atom is -0.393 e. The van der Waals surface area contributed by atoms with Crippen molar-refractivity contribution in [2.75, 3.05) is 5.75 Å². The van der Waals surface area contributed by atoms with Gasteiger partial charge >= 0.3 is 0 Å². The maximum atomic E-state index is 12.5. The normalized spacial score (nSPS) is 28.0. The molecule has 0 saturated carbocycles. The molecule has 1 aromatic carbocycles. The van der Waals surface area contributed by atoms with Gasteiger partial charge in [0.05, 0.1) is 16.9 Å². The fourth-order valence-electron chi connectivity index (χ4n) is 3.36. The molecule has 2 unspecified atom stereocenters. The van der Waals surface area contributed by atoms with Crippen LogP contribution in [0.5, 0.6) is 0 Å². The van der Waals surface area contributed by atoms with E-state index in [1.165, 1.54) is 11.8 Å². The first-order valence-electron chi connectivity index (χ1n) is 7.11. The zero-order valence-electron chi connectivity index (χ0n) is 11.5. The number of carbonyl (C=O) groups excluding carboxylic acids is 1. The molecule has 1 N–H and O–H groups in total. The topological polar surface area (TPSA) is 40.5 Å². The lowest BCUT2D eigenvalue weighted by Gasteiger charge is -2.37. The Balaban J connectivity index is 1.63. The first kappa shape index (κ1) is 15.5. The predicted molar refractivity (Wildman–Crippen MR) is 86.1 cm³/mol. The summed E-state index contributed by atoms with van der Waals surface area (Å²) in [5, 5.41) is 11.0. The Kier molecular flexibility index (Phi) is 4.69. The zero-order chi connectivity index (χ0) is 15.0. The maximum absolute atomic E-state index is 12.5. The Hall–Kier alpha value is -0.420. The summed E-state index contributed by atoms with van der Waals surface area (Å²) in [6, 6.07) is 5.69. The molecule has 2 saturated heterocycles. The first-order valence-corrected chi connectivity index (χ1v) is 8.86. The number of carbonyl (C=O) groups is 1. The van der Waals surface area contributed by atoms with Crippen LogP contribution in [0.25, 0.3) is 0 Å². The number of nitrogens with zero attached hydrogens (tertiary/aromatic N) is 1. The third kappa shape index (κ3) is 3.34. The van der Waals surface area contributed by atoms with Gasteiger partial charge in [-0.05, 0) is 43.9 Å². The van der Waals surface area contributed by atoms with Crippen LogP contribution < -0.4 is 0 Å². The standard InChI is InChI=1S/C15H17Cl2NO2S/c16-9-1-4-13(17)14(5-9)21-8-15(20)18-10-2-3-11(18)7-12(19)6-10/h1,4-5,10-12,19H,2-3,6-8H2. The third-order valence-electron chi connectivity index (χ3n) is 4.24. The van der Waals surface area contributed by atoms with Crippen molar-refractivity contribution in [2.24, 2.45) is 0 Å². The molecule has 0 aromatic heterocycles. The van der Waals surface area contributed by atoms with Crippen molar-refractivity contribution in [2.45, 2.75) is 48.8 Å². The van der Waals surface area contributed by atoms with E-state index in [9.17, 15) is 9.90 Å². The summed E-state index contributed by atoms with van der Waals surface area (Å²) in [6.45, 7) is 0. The summed E-state index contributed by atoms with van der Waals surface area (Å²) in [5.74, 6) is 0.499. The van der Waals surface area contributed by atoms with E-state index in [0.717, 1.165) is 17.7 Å². The van der Waals surface area contributed by atoms with Gasteiger partial charge in [-0.2, -0.15) is 0 Å². The molecule has 6 heteroatoms. The lowest BCUT2D eigenvalue weighted by molar-refractivity contribution is -0.134. The number of aliphatic hydroxyl groups excluding tert-OH is 1. The van der Waals surface area contributed by atoms with Gasteiger partial charge in [-0.1, -0.05) is 23.2 Å². The van der Waals surface area contributed by atoms with Gasteiger partial charge in [-0.25, -0.2) is 0 Å². The fraction of sp³-hybridized carbons (Fsp3) is 0.533. The second-order valence-electron chi connectivity index (χ2n) is 5.67. The summed E-state index contributed by atoms with van der Waals surface area (Å²) >= 11 is 13.5. The maximum Gasteiger partial charge on any atom is 0.233 e. The Bertz CT molecular complexity index is 540. The predicted octanol–water partition coefficient (Wildman–Crippen LogP) is 3.60. The number of fused-ring (bicyclic) bond motifs is 2. The van der Waals surface area contributed by atoms with E-state index < -0.39 is 0 Å². The van der Waals surface area contributed by atoms with Gasteiger partial charge < -0.3 is 10.0 Å². The summed E-state index contributed by atoms with van der Waals surface area (Å²) in [6.07, 6.45) is 3.20. The van der Waals surface area contributed by atoms with E-state index in [-0.39, 0.29) is 24.1 Å². The van der Waals surface area contributed by atoms with Crippen LogP contribution in [-0.4, -0.2) is 39.9 Å². The molecule has 2 atom stereocenters. The second-order valence-corrected chi connectivity index (χ2v) is 7.54. The molecule has 0 spiro atoms. The number of benzene rings is 1. The number of piperidine rings is 1. The molecule has 2 aliphatic heterocycles. The van der Waals surface area contributed by atoms with Crippen LogP contribution in [0.15, 0.2) is 23.1 Å². The Morgan fingerprint density at radius 1 is 1.29 bits per heavy atom. The van der Waals surface area contributed by atoms with Crippen molar-refractivity contribution in [1.29, 1.82) is 0 Å². The number of aliphatic hydroxyl groups is 1. The van der Waals surface area contributed by atoms with Crippen molar-refractivity contribution < 1.29 is 9.90 Å². The van der Waals surface area contributed by atoms with Gasteiger partial charge in [-0.3, -0.25) is 4.79 Å². The molecule has 3 rings (SSSR count). The number of hydrogen-bond donors (Lipinski definition) is 1. The van der Waals surface area contributed by atoms with Crippen LogP contribution in [0.3, 0.4) is 0 Å². The number of amides is 1. The minimum absolute atomic E-state index is 0.135. The molecule has 2 fully saturated rings. The van der Waals surface area contributed by atoms with Crippen LogP contribution in [0.1, 0.15) is 25.7 Å². The van der Waals surface area contributed by atoms with Crippen molar-refractivity contribution in [3.63, 3.8) is 0 Å². The minimum atomic E-state index is -0.249. The molecular weight excluding hydrogens is 329 g/mol. The van der Waals surface area contributed by atoms with Gasteiger partial charge in [0.15, 0.2) is 0 Å². The van der Waals surface area contributed by atoms with Crippen LogP contribution in [-0.2, 0) is 4.79 Å². The van der Waals surface area contributed by atoms with Crippen molar-refractivity contribution in [3.8, 4) is 0 Å². The van der Waals surface area contributed by atoms with Crippen molar-refractivity contribution in [1.82, 2.24) is 4.90 Å². The molecule has 1 amide bonds. The molecule has 0 radical (unpaired) electrons. The van der Waals surface area contributed by atoms with Crippen molar-refractivity contribution >= 4 is 40.9 Å². The SMILES string of the molecule is O=C(CSc1cc(Cl)ccc1Cl)N1C2CCC1CC(O)C2. The molecule has 21 heavy (non-hydrogen) atoms. The quantitative estimate of drug-likeness (QED) is 0.851. The average Bonchev–Trinajstić information content (AvgIpc) is 2.72. The van der Waals surface area contributed by atoms with Crippen molar-refractivity contribution in [3.05, 3.63) is 28.2 Å². The third-order valence-corrected chi connectivity index (χ3v) is 5.96. The smallest absolute Gasteiger partial charge is 0.233 e. The van der Waals surface area contributed by atoms with Crippen LogP contribution in [0, 0.1) is 0 Å². The number of halogens is 2. The van der Waals surface area contributed by atoms with Crippen LogP contribution in [0.4, 0.5) is 0 Å². The highest BCUT2D eigenvalue weighted by atomic mass is 35.5. The lowest BCUT2D eigenvalue weighted by atomic mass is 10.00. The average molecular weight is 346 g/mol. The van der Waals surface area contributed by atoms with Gasteiger partial charge in [0, 0.05) is 22.0 Å². The van der Waals surface area contributed by atoms with Crippen LogP contribution in [0.2, 0.25) is 10.0 Å². The lowest BCUT2D eigenvalue weighted by Crippen LogP contribution is -2.48. The van der Waals surface area contributed by atoms with E-state index in [2.05, 4.69) is 0 Å². The summed E-state index contributed by atoms with van der Waals surface area (Å²) < 4.78 is 0. The molecular formula is C15H17Cl2NO2S. The monoisotopic (exact) mass is 345 g/mol. The fourth-order valence-corrected chi connectivity index (χ4v) is 4.72. The van der Waals surface area contributed by atoms with Crippen LogP contribution >= 0.6 is 35.0 Å². The van der Waals surface area contributed by atoms with E-state index >= 15 is 0 Å². The largest absolute Gasteiger partial charge is 0.393 e. The zero-order valence-corrected chi connectivity index (χ0v) is 13.8.